The average Bonchev–Trinajstić information content (AvgIpc) is 2.94. The van der Waals surface area contributed by atoms with Gasteiger partial charge in [0.25, 0.3) is 10.0 Å². The highest BCUT2D eigenvalue weighted by atomic mass is 32.2. The number of ether oxygens (including phenoxy) is 2. The quantitative estimate of drug-likeness (QED) is 0.896. The van der Waals surface area contributed by atoms with Gasteiger partial charge in [-0.25, -0.2) is 8.42 Å². The minimum atomic E-state index is -3.64. The maximum absolute atomic E-state index is 12.3. The summed E-state index contributed by atoms with van der Waals surface area (Å²) < 4.78 is 37.5. The van der Waals surface area contributed by atoms with Crippen LogP contribution in [-0.2, 0) is 16.6 Å². The van der Waals surface area contributed by atoms with E-state index in [-0.39, 0.29) is 11.7 Å². The Bertz CT molecular complexity index is 757. The summed E-state index contributed by atoms with van der Waals surface area (Å²) in [7, 11) is -3.64. The largest absolute Gasteiger partial charge is 0.454 e. The van der Waals surface area contributed by atoms with Crippen molar-refractivity contribution in [1.82, 2.24) is 0 Å². The number of nitrogens with one attached hydrogen (secondary N) is 1. The van der Waals surface area contributed by atoms with Gasteiger partial charge < -0.3 is 15.2 Å². The zero-order chi connectivity index (χ0) is 14.9. The summed E-state index contributed by atoms with van der Waals surface area (Å²) in [5.74, 6) is 1.12. The highest BCUT2D eigenvalue weighted by Gasteiger charge is 2.17. The number of rotatable bonds is 4. The molecule has 0 atom stereocenters. The highest BCUT2D eigenvalue weighted by molar-refractivity contribution is 7.92. The molecule has 0 radical (unpaired) electrons. The first-order valence-corrected chi connectivity index (χ1v) is 7.78. The molecule has 3 N–H and O–H groups in total. The summed E-state index contributed by atoms with van der Waals surface area (Å²) in [5, 5.41) is 0. The van der Waals surface area contributed by atoms with E-state index in [9.17, 15) is 8.42 Å². The van der Waals surface area contributed by atoms with Crippen LogP contribution in [0.1, 0.15) is 5.56 Å². The van der Waals surface area contributed by atoms with Crippen LogP contribution in [0.4, 0.5) is 5.69 Å². The van der Waals surface area contributed by atoms with Gasteiger partial charge in [0.15, 0.2) is 11.5 Å². The molecular formula is C14H14N2O4S. The summed E-state index contributed by atoms with van der Waals surface area (Å²) in [6, 6.07) is 11.3. The molecule has 7 heteroatoms. The van der Waals surface area contributed by atoms with Crippen molar-refractivity contribution in [2.45, 2.75) is 11.4 Å². The van der Waals surface area contributed by atoms with Crippen molar-refractivity contribution in [2.75, 3.05) is 11.5 Å². The summed E-state index contributed by atoms with van der Waals surface area (Å²) in [4.78, 5) is 0.178. The lowest BCUT2D eigenvalue weighted by molar-refractivity contribution is 0.174. The van der Waals surface area contributed by atoms with E-state index in [1.54, 1.807) is 30.3 Å². The van der Waals surface area contributed by atoms with E-state index in [2.05, 4.69) is 4.72 Å². The Morgan fingerprint density at radius 1 is 1.05 bits per heavy atom. The monoisotopic (exact) mass is 306 g/mol. The second kappa shape index (κ2) is 5.27. The lowest BCUT2D eigenvalue weighted by Crippen LogP contribution is -2.13. The number of benzene rings is 2. The summed E-state index contributed by atoms with van der Waals surface area (Å²) in [6.45, 7) is 0.516. The molecule has 0 fully saturated rings. The van der Waals surface area contributed by atoms with E-state index >= 15 is 0 Å². The molecule has 1 heterocycles. The van der Waals surface area contributed by atoms with Crippen LogP contribution >= 0.6 is 0 Å². The fraction of sp³-hybridized carbons (Fsp3) is 0.143. The van der Waals surface area contributed by atoms with E-state index in [0.29, 0.717) is 23.7 Å². The molecule has 1 aliphatic heterocycles. The molecule has 2 aromatic rings. The van der Waals surface area contributed by atoms with Crippen LogP contribution in [-0.4, -0.2) is 15.2 Å². The lowest BCUT2D eigenvalue weighted by Gasteiger charge is -2.09. The van der Waals surface area contributed by atoms with Crippen molar-refractivity contribution in [3.8, 4) is 11.5 Å². The maximum Gasteiger partial charge on any atom is 0.261 e. The van der Waals surface area contributed by atoms with Crippen LogP contribution in [0.15, 0.2) is 47.4 Å². The van der Waals surface area contributed by atoms with Crippen LogP contribution in [0.2, 0.25) is 0 Å². The van der Waals surface area contributed by atoms with Gasteiger partial charge in [0.1, 0.15) is 0 Å². The van der Waals surface area contributed by atoms with Gasteiger partial charge in [0.05, 0.1) is 10.6 Å². The summed E-state index contributed by atoms with van der Waals surface area (Å²) in [6.07, 6.45) is 0. The number of sulfonamides is 1. The number of fused-ring (bicyclic) bond motifs is 1. The Balaban J connectivity index is 1.85. The Kier molecular flexibility index (Phi) is 3.44. The average molecular weight is 306 g/mol. The molecule has 2 aromatic carbocycles. The zero-order valence-corrected chi connectivity index (χ0v) is 11.9. The van der Waals surface area contributed by atoms with E-state index in [1.165, 1.54) is 12.1 Å². The molecule has 0 amide bonds. The standard InChI is InChI=1S/C14H14N2O4S/c15-8-10-1-4-12(5-2-10)21(17,18)16-11-3-6-13-14(7-11)20-9-19-13/h1-7,16H,8-9,15H2. The normalized spacial score (nSPS) is 13.2. The number of nitrogens with two attached hydrogens (primary N) is 1. The van der Waals surface area contributed by atoms with Gasteiger partial charge in [-0.15, -0.1) is 0 Å². The molecule has 0 spiro atoms. The maximum atomic E-state index is 12.3. The van der Waals surface area contributed by atoms with Crippen molar-refractivity contribution in [3.05, 3.63) is 48.0 Å². The van der Waals surface area contributed by atoms with Crippen molar-refractivity contribution in [3.63, 3.8) is 0 Å². The van der Waals surface area contributed by atoms with Crippen molar-refractivity contribution >= 4 is 15.7 Å². The molecule has 1 aliphatic rings. The molecule has 0 aliphatic carbocycles. The molecule has 21 heavy (non-hydrogen) atoms. The molecular weight excluding hydrogens is 292 g/mol. The first kappa shape index (κ1) is 13.7. The van der Waals surface area contributed by atoms with Crippen LogP contribution in [0, 0.1) is 0 Å². The molecule has 0 aromatic heterocycles. The van der Waals surface area contributed by atoms with Gasteiger partial charge in [0, 0.05) is 12.6 Å². The van der Waals surface area contributed by atoms with Gasteiger partial charge in [-0.3, -0.25) is 4.72 Å². The molecule has 0 saturated carbocycles. The minimum absolute atomic E-state index is 0.145. The Labute approximate surface area is 122 Å². The van der Waals surface area contributed by atoms with Gasteiger partial charge in [-0.2, -0.15) is 0 Å². The van der Waals surface area contributed by atoms with E-state index < -0.39 is 10.0 Å². The van der Waals surface area contributed by atoms with Gasteiger partial charge in [0.2, 0.25) is 6.79 Å². The van der Waals surface area contributed by atoms with Gasteiger partial charge in [-0.1, -0.05) is 12.1 Å². The first-order valence-electron chi connectivity index (χ1n) is 6.30. The van der Waals surface area contributed by atoms with Crippen LogP contribution in [0.3, 0.4) is 0 Å². The zero-order valence-electron chi connectivity index (χ0n) is 11.1. The molecule has 0 bridgehead atoms. The lowest BCUT2D eigenvalue weighted by atomic mass is 10.2. The molecule has 0 unspecified atom stereocenters. The van der Waals surface area contributed by atoms with Crippen LogP contribution < -0.4 is 19.9 Å². The van der Waals surface area contributed by atoms with Gasteiger partial charge >= 0.3 is 0 Å². The van der Waals surface area contributed by atoms with E-state index in [1.807, 2.05) is 0 Å². The van der Waals surface area contributed by atoms with Crippen molar-refractivity contribution in [1.29, 1.82) is 0 Å². The second-order valence-corrected chi connectivity index (χ2v) is 6.20. The number of anilines is 1. The molecule has 110 valence electrons. The van der Waals surface area contributed by atoms with Crippen LogP contribution in [0.5, 0.6) is 11.5 Å². The number of hydrogen-bond acceptors (Lipinski definition) is 5. The Morgan fingerprint density at radius 2 is 1.76 bits per heavy atom. The molecule has 0 saturated heterocycles. The van der Waals surface area contributed by atoms with Crippen molar-refractivity contribution < 1.29 is 17.9 Å². The second-order valence-electron chi connectivity index (χ2n) is 4.52. The summed E-state index contributed by atoms with van der Waals surface area (Å²) >= 11 is 0. The fourth-order valence-corrected chi connectivity index (χ4v) is 3.03. The third kappa shape index (κ3) is 2.79. The fourth-order valence-electron chi connectivity index (χ4n) is 1.98. The Hall–Kier alpha value is -2.25. The smallest absolute Gasteiger partial charge is 0.261 e. The van der Waals surface area contributed by atoms with E-state index in [0.717, 1.165) is 5.56 Å². The van der Waals surface area contributed by atoms with Crippen molar-refractivity contribution in [2.24, 2.45) is 5.73 Å². The topological polar surface area (TPSA) is 90.7 Å². The third-order valence-corrected chi connectivity index (χ3v) is 4.49. The van der Waals surface area contributed by atoms with Crippen LogP contribution in [0.25, 0.3) is 0 Å². The first-order chi connectivity index (χ1) is 10.1. The SMILES string of the molecule is NCc1ccc(S(=O)(=O)Nc2ccc3c(c2)OCO3)cc1. The number of hydrogen-bond donors (Lipinski definition) is 2. The molecule has 6 nitrogen and oxygen atoms in total. The summed E-state index contributed by atoms with van der Waals surface area (Å²) in [5.41, 5.74) is 6.78. The third-order valence-electron chi connectivity index (χ3n) is 3.09. The Morgan fingerprint density at radius 3 is 2.48 bits per heavy atom. The highest BCUT2D eigenvalue weighted by Crippen LogP contribution is 2.34. The van der Waals surface area contributed by atoms with Gasteiger partial charge in [-0.05, 0) is 29.8 Å². The molecule has 3 rings (SSSR count). The minimum Gasteiger partial charge on any atom is -0.454 e. The predicted molar refractivity (Wildman–Crippen MR) is 77.7 cm³/mol. The van der Waals surface area contributed by atoms with E-state index in [4.69, 9.17) is 15.2 Å². The predicted octanol–water partition coefficient (Wildman–Crippen LogP) is 1.67.